The van der Waals surface area contributed by atoms with Crippen molar-refractivity contribution in [3.8, 4) is 0 Å². The fourth-order valence-corrected chi connectivity index (χ4v) is 1.18. The third kappa shape index (κ3) is 2.79. The predicted molar refractivity (Wildman–Crippen MR) is 55.7 cm³/mol. The molecule has 0 fully saturated rings. The quantitative estimate of drug-likeness (QED) is 0.628. The summed E-state index contributed by atoms with van der Waals surface area (Å²) in [7, 11) is 0. The average molecular weight is 163 g/mol. The Kier molecular flexibility index (Phi) is 4.12. The lowest BCUT2D eigenvalue weighted by Crippen LogP contribution is -2.07. The van der Waals surface area contributed by atoms with Crippen molar-refractivity contribution in [2.75, 3.05) is 0 Å². The minimum absolute atomic E-state index is 0.859. The number of rotatable bonds is 4. The first kappa shape index (κ1) is 10.8. The second-order valence-corrected chi connectivity index (χ2v) is 2.98. The van der Waals surface area contributed by atoms with Crippen molar-refractivity contribution in [2.45, 2.75) is 20.8 Å². The van der Waals surface area contributed by atoms with Gasteiger partial charge in [0.25, 0.3) is 0 Å². The van der Waals surface area contributed by atoms with Gasteiger partial charge in [0.15, 0.2) is 0 Å². The molecular weight excluding hydrogens is 146 g/mol. The zero-order chi connectivity index (χ0) is 9.72. The Balaban J connectivity index is 4.78. The van der Waals surface area contributed by atoms with Crippen LogP contribution in [0.2, 0.25) is 0 Å². The maximum atomic E-state index is 3.89. The van der Waals surface area contributed by atoms with Gasteiger partial charge >= 0.3 is 0 Å². The molecule has 0 aromatic carbocycles. The van der Waals surface area contributed by atoms with Crippen LogP contribution >= 0.6 is 0 Å². The van der Waals surface area contributed by atoms with Crippen LogP contribution in [-0.2, 0) is 0 Å². The molecule has 0 aliphatic carbocycles. The largest absolute Gasteiger partial charge is 0.362 e. The fourth-order valence-electron chi connectivity index (χ4n) is 1.18. The molecule has 0 unspecified atom stereocenters. The van der Waals surface area contributed by atoms with Crippen LogP contribution in [0.3, 0.4) is 0 Å². The van der Waals surface area contributed by atoms with E-state index in [9.17, 15) is 0 Å². The van der Waals surface area contributed by atoms with Crippen LogP contribution in [0.25, 0.3) is 0 Å². The Morgan fingerprint density at radius 2 is 1.67 bits per heavy atom. The smallest absolute Gasteiger partial charge is 0.0381 e. The zero-order valence-electron chi connectivity index (χ0n) is 8.20. The highest BCUT2D eigenvalue weighted by atomic mass is 14.8. The summed E-state index contributed by atoms with van der Waals surface area (Å²) in [5, 5.41) is 2.96. The van der Waals surface area contributed by atoms with E-state index >= 15 is 0 Å². The minimum Gasteiger partial charge on any atom is -0.362 e. The molecule has 0 heterocycles. The van der Waals surface area contributed by atoms with E-state index in [4.69, 9.17) is 0 Å². The standard InChI is InChI=1S/C11H17N/c1-7-12-10(6)11(8(2)3)9(4)5/h7,12H,1-2,6H2,3-5H3. The van der Waals surface area contributed by atoms with Gasteiger partial charge in [-0.25, -0.2) is 0 Å². The van der Waals surface area contributed by atoms with Gasteiger partial charge < -0.3 is 5.32 Å². The molecule has 66 valence electrons. The summed E-state index contributed by atoms with van der Waals surface area (Å²) in [6.07, 6.45) is 1.62. The molecule has 0 rings (SSSR count). The zero-order valence-corrected chi connectivity index (χ0v) is 8.20. The molecule has 0 aromatic heterocycles. The Labute approximate surface area is 75.2 Å². The minimum atomic E-state index is 0.859. The van der Waals surface area contributed by atoms with E-state index in [2.05, 4.69) is 25.1 Å². The SMILES string of the molecule is C=CNC(=C)C(C(=C)C)=C(C)C. The molecule has 1 nitrogen and oxygen atoms in total. The van der Waals surface area contributed by atoms with Crippen LogP contribution in [-0.4, -0.2) is 0 Å². The van der Waals surface area contributed by atoms with Crippen molar-refractivity contribution < 1.29 is 0 Å². The van der Waals surface area contributed by atoms with Gasteiger partial charge in [-0.1, -0.05) is 25.3 Å². The van der Waals surface area contributed by atoms with E-state index in [1.54, 1.807) is 6.20 Å². The lowest BCUT2D eigenvalue weighted by atomic mass is 10.0. The molecule has 1 heteroatoms. The summed E-state index contributed by atoms with van der Waals surface area (Å²) in [6.45, 7) is 17.4. The Hall–Kier alpha value is -1.24. The van der Waals surface area contributed by atoms with Gasteiger partial charge in [-0.3, -0.25) is 0 Å². The first-order valence-electron chi connectivity index (χ1n) is 3.90. The van der Waals surface area contributed by atoms with Crippen LogP contribution in [0.15, 0.2) is 48.4 Å². The van der Waals surface area contributed by atoms with Gasteiger partial charge in [-0.15, -0.1) is 0 Å². The Bertz CT molecular complexity index is 240. The molecule has 1 N–H and O–H groups in total. The van der Waals surface area contributed by atoms with E-state index in [1.807, 2.05) is 20.8 Å². The Morgan fingerprint density at radius 1 is 1.17 bits per heavy atom. The average Bonchev–Trinajstić information content (AvgIpc) is 1.85. The molecule has 0 aliphatic rings. The van der Waals surface area contributed by atoms with Crippen molar-refractivity contribution in [3.63, 3.8) is 0 Å². The third-order valence-corrected chi connectivity index (χ3v) is 1.50. The van der Waals surface area contributed by atoms with Crippen LogP contribution < -0.4 is 5.32 Å². The van der Waals surface area contributed by atoms with Crippen LogP contribution in [0.1, 0.15) is 20.8 Å². The van der Waals surface area contributed by atoms with E-state index in [0.717, 1.165) is 16.8 Å². The van der Waals surface area contributed by atoms with Crippen molar-refractivity contribution >= 4 is 0 Å². The van der Waals surface area contributed by atoms with E-state index in [0.29, 0.717) is 0 Å². The monoisotopic (exact) mass is 163 g/mol. The topological polar surface area (TPSA) is 12.0 Å². The number of hydrogen-bond acceptors (Lipinski definition) is 1. The third-order valence-electron chi connectivity index (χ3n) is 1.50. The van der Waals surface area contributed by atoms with Crippen LogP contribution in [0, 0.1) is 0 Å². The lowest BCUT2D eigenvalue weighted by molar-refractivity contribution is 1.06. The molecule has 0 atom stereocenters. The highest BCUT2D eigenvalue weighted by Crippen LogP contribution is 2.18. The maximum absolute atomic E-state index is 3.89. The number of allylic oxidation sites excluding steroid dienone is 2. The highest BCUT2D eigenvalue weighted by Gasteiger charge is 2.03. The summed E-state index contributed by atoms with van der Waals surface area (Å²) in [4.78, 5) is 0. The normalized spacial score (nSPS) is 8.58. The molecule has 0 saturated heterocycles. The maximum Gasteiger partial charge on any atom is 0.0381 e. The van der Waals surface area contributed by atoms with Crippen molar-refractivity contribution in [1.29, 1.82) is 0 Å². The second kappa shape index (κ2) is 4.60. The van der Waals surface area contributed by atoms with Crippen LogP contribution in [0.4, 0.5) is 0 Å². The summed E-state index contributed by atoms with van der Waals surface area (Å²) < 4.78 is 0. The molecule has 0 radical (unpaired) electrons. The van der Waals surface area contributed by atoms with Gasteiger partial charge in [0, 0.05) is 5.70 Å². The van der Waals surface area contributed by atoms with Gasteiger partial charge in [0.05, 0.1) is 0 Å². The number of hydrogen-bond donors (Lipinski definition) is 1. The van der Waals surface area contributed by atoms with Gasteiger partial charge in [-0.05, 0) is 38.1 Å². The summed E-state index contributed by atoms with van der Waals surface area (Å²) in [5.74, 6) is 0. The molecule has 12 heavy (non-hydrogen) atoms. The van der Waals surface area contributed by atoms with E-state index in [-0.39, 0.29) is 0 Å². The van der Waals surface area contributed by atoms with Crippen LogP contribution in [0.5, 0.6) is 0 Å². The fraction of sp³-hybridized carbons (Fsp3) is 0.273. The molecule has 0 amide bonds. The van der Waals surface area contributed by atoms with Crippen molar-refractivity contribution in [3.05, 3.63) is 48.4 Å². The molecule has 0 saturated carbocycles. The molecule has 0 aliphatic heterocycles. The Morgan fingerprint density at radius 3 is 1.92 bits per heavy atom. The molecular formula is C11H17N. The molecule has 0 aromatic rings. The first-order valence-corrected chi connectivity index (χ1v) is 3.90. The second-order valence-electron chi connectivity index (χ2n) is 2.98. The van der Waals surface area contributed by atoms with Gasteiger partial charge in [-0.2, -0.15) is 0 Å². The van der Waals surface area contributed by atoms with Gasteiger partial charge in [0.1, 0.15) is 0 Å². The predicted octanol–water partition coefficient (Wildman–Crippen LogP) is 3.15. The van der Waals surface area contributed by atoms with E-state index in [1.165, 1.54) is 5.57 Å². The molecule has 0 bridgehead atoms. The summed E-state index contributed by atoms with van der Waals surface area (Å²) >= 11 is 0. The lowest BCUT2D eigenvalue weighted by Gasteiger charge is -2.12. The van der Waals surface area contributed by atoms with Crippen molar-refractivity contribution in [2.24, 2.45) is 0 Å². The van der Waals surface area contributed by atoms with Gasteiger partial charge in [0.2, 0.25) is 0 Å². The molecule has 0 spiro atoms. The number of nitrogens with one attached hydrogen (secondary N) is 1. The van der Waals surface area contributed by atoms with E-state index < -0.39 is 0 Å². The highest BCUT2D eigenvalue weighted by molar-refractivity contribution is 5.45. The van der Waals surface area contributed by atoms with Crippen molar-refractivity contribution in [1.82, 2.24) is 5.32 Å². The first-order chi connectivity index (χ1) is 5.50. The summed E-state index contributed by atoms with van der Waals surface area (Å²) in [5.41, 5.74) is 4.18. The summed E-state index contributed by atoms with van der Waals surface area (Å²) in [6, 6.07) is 0.